The van der Waals surface area contributed by atoms with Crippen molar-refractivity contribution in [3.8, 4) is 0 Å². The van der Waals surface area contributed by atoms with E-state index in [1.807, 2.05) is 6.92 Å². The lowest BCUT2D eigenvalue weighted by Crippen LogP contribution is -2.34. The van der Waals surface area contributed by atoms with Crippen LogP contribution in [0.5, 0.6) is 0 Å². The molecule has 0 bridgehead atoms. The Hall–Kier alpha value is -1.47. The third-order valence-corrected chi connectivity index (χ3v) is 3.21. The summed E-state index contributed by atoms with van der Waals surface area (Å²) >= 11 is 0. The van der Waals surface area contributed by atoms with Crippen LogP contribution in [0.2, 0.25) is 0 Å². The van der Waals surface area contributed by atoms with E-state index < -0.39 is 36.4 Å². The number of hydrogen-bond acceptors (Lipinski definition) is 4. The highest BCUT2D eigenvalue weighted by Crippen LogP contribution is 2.29. The fourth-order valence-electron chi connectivity index (χ4n) is 2.21. The van der Waals surface area contributed by atoms with Gasteiger partial charge < -0.3 is 9.84 Å². The Bertz CT molecular complexity index is 553. The van der Waals surface area contributed by atoms with Gasteiger partial charge in [0.05, 0.1) is 6.61 Å². The van der Waals surface area contributed by atoms with Gasteiger partial charge in [-0.3, -0.25) is 14.3 Å². The van der Waals surface area contributed by atoms with Crippen LogP contribution in [0.4, 0.5) is 4.39 Å². The van der Waals surface area contributed by atoms with Crippen molar-refractivity contribution in [1.82, 2.24) is 9.55 Å². The second-order valence-corrected chi connectivity index (χ2v) is 4.63. The second kappa shape index (κ2) is 5.66. The van der Waals surface area contributed by atoms with Gasteiger partial charge in [-0.2, -0.15) is 0 Å². The number of hydrogen-bond donors (Lipinski definition) is 2. The van der Waals surface area contributed by atoms with Gasteiger partial charge in [0.1, 0.15) is 18.5 Å². The average molecular weight is 272 g/mol. The Balaban J connectivity index is 2.33. The summed E-state index contributed by atoms with van der Waals surface area (Å²) in [6, 6.07) is 0. The molecule has 2 heterocycles. The van der Waals surface area contributed by atoms with Crippen LogP contribution in [0, 0.1) is 0 Å². The molecule has 1 fully saturated rings. The Morgan fingerprint density at radius 1 is 1.58 bits per heavy atom. The van der Waals surface area contributed by atoms with E-state index in [4.69, 9.17) is 9.84 Å². The molecule has 1 aromatic heterocycles. The normalized spacial score (nSPS) is 26.8. The Morgan fingerprint density at radius 2 is 2.32 bits per heavy atom. The highest BCUT2D eigenvalue weighted by molar-refractivity contribution is 5.05. The SMILES string of the molecule is CCCc1cn(C2CC(F)C(CO)O2)c(=O)[nH]c1=O. The number of nitrogens with one attached hydrogen (secondary N) is 1. The molecule has 3 atom stereocenters. The minimum absolute atomic E-state index is 0.0112. The number of rotatable bonds is 4. The molecule has 106 valence electrons. The zero-order chi connectivity index (χ0) is 14.0. The van der Waals surface area contributed by atoms with E-state index in [0.29, 0.717) is 12.0 Å². The molecule has 2 N–H and O–H groups in total. The second-order valence-electron chi connectivity index (χ2n) is 4.63. The van der Waals surface area contributed by atoms with Gasteiger partial charge in [0.25, 0.3) is 5.56 Å². The molecule has 7 heteroatoms. The first-order chi connectivity index (χ1) is 9.06. The minimum Gasteiger partial charge on any atom is -0.394 e. The van der Waals surface area contributed by atoms with Crippen LogP contribution >= 0.6 is 0 Å². The van der Waals surface area contributed by atoms with Crippen LogP contribution in [0.1, 0.15) is 31.6 Å². The van der Waals surface area contributed by atoms with Crippen molar-refractivity contribution in [3.63, 3.8) is 0 Å². The molecular weight excluding hydrogens is 255 g/mol. The van der Waals surface area contributed by atoms with Gasteiger partial charge in [-0.05, 0) is 6.42 Å². The van der Waals surface area contributed by atoms with Gasteiger partial charge in [-0.25, -0.2) is 9.18 Å². The molecule has 0 aromatic carbocycles. The van der Waals surface area contributed by atoms with Crippen molar-refractivity contribution in [2.45, 2.75) is 44.7 Å². The predicted octanol–water partition coefficient (Wildman–Crippen LogP) is 0.107. The van der Waals surface area contributed by atoms with Crippen LogP contribution in [0.15, 0.2) is 15.8 Å². The molecule has 6 nitrogen and oxygen atoms in total. The maximum atomic E-state index is 13.5. The van der Waals surface area contributed by atoms with Gasteiger partial charge in [0.15, 0.2) is 0 Å². The number of nitrogens with zero attached hydrogens (tertiary/aromatic N) is 1. The third-order valence-electron chi connectivity index (χ3n) is 3.21. The number of aliphatic hydroxyl groups excluding tert-OH is 1. The van der Waals surface area contributed by atoms with E-state index in [2.05, 4.69) is 4.98 Å². The van der Waals surface area contributed by atoms with Crippen LogP contribution < -0.4 is 11.2 Å². The van der Waals surface area contributed by atoms with Crippen molar-refractivity contribution < 1.29 is 14.2 Å². The Kier molecular flexibility index (Phi) is 4.16. The number of alkyl halides is 1. The summed E-state index contributed by atoms with van der Waals surface area (Å²) in [6.45, 7) is 1.48. The molecule has 0 aliphatic carbocycles. The van der Waals surface area contributed by atoms with Crippen molar-refractivity contribution >= 4 is 0 Å². The van der Waals surface area contributed by atoms with Crippen LogP contribution in [-0.2, 0) is 11.2 Å². The van der Waals surface area contributed by atoms with Gasteiger partial charge in [-0.15, -0.1) is 0 Å². The van der Waals surface area contributed by atoms with E-state index in [0.717, 1.165) is 6.42 Å². The number of ether oxygens (including phenoxy) is 1. The Labute approximate surface area is 108 Å². The number of aromatic amines is 1. The number of aryl methyl sites for hydroxylation is 1. The molecule has 0 radical (unpaired) electrons. The molecular formula is C12H17FN2O4. The van der Waals surface area contributed by atoms with Crippen molar-refractivity contribution in [2.75, 3.05) is 6.61 Å². The number of H-pyrrole nitrogens is 1. The quantitative estimate of drug-likeness (QED) is 0.814. The largest absolute Gasteiger partial charge is 0.394 e. The fraction of sp³-hybridized carbons (Fsp3) is 0.667. The summed E-state index contributed by atoms with van der Waals surface area (Å²) in [5.74, 6) is 0. The lowest BCUT2D eigenvalue weighted by Gasteiger charge is -2.15. The van der Waals surface area contributed by atoms with E-state index in [9.17, 15) is 14.0 Å². The highest BCUT2D eigenvalue weighted by Gasteiger charge is 2.36. The first-order valence-electron chi connectivity index (χ1n) is 6.31. The Morgan fingerprint density at radius 3 is 2.89 bits per heavy atom. The number of halogens is 1. The number of aliphatic hydroxyl groups is 1. The molecule has 1 saturated heterocycles. The van der Waals surface area contributed by atoms with Crippen LogP contribution in [-0.4, -0.2) is 33.5 Å². The van der Waals surface area contributed by atoms with E-state index in [1.54, 1.807) is 0 Å². The van der Waals surface area contributed by atoms with Gasteiger partial charge in [0.2, 0.25) is 0 Å². The summed E-state index contributed by atoms with van der Waals surface area (Å²) in [5.41, 5.74) is -0.578. The summed E-state index contributed by atoms with van der Waals surface area (Å²) < 4.78 is 20.0. The molecule has 1 aliphatic heterocycles. The minimum atomic E-state index is -1.32. The molecule has 0 spiro atoms. The van der Waals surface area contributed by atoms with Gasteiger partial charge in [-0.1, -0.05) is 13.3 Å². The van der Waals surface area contributed by atoms with Gasteiger partial charge in [0, 0.05) is 18.2 Å². The van der Waals surface area contributed by atoms with Crippen molar-refractivity contribution in [1.29, 1.82) is 0 Å². The average Bonchev–Trinajstić information content (AvgIpc) is 2.74. The molecule has 2 rings (SSSR count). The standard InChI is InChI=1S/C12H17FN2O4/c1-2-3-7-5-15(12(18)14-11(7)17)10-4-8(13)9(6-16)19-10/h5,8-10,16H,2-4,6H2,1H3,(H,14,17,18). The number of aromatic nitrogens is 2. The first kappa shape index (κ1) is 14.0. The third kappa shape index (κ3) is 2.76. The van der Waals surface area contributed by atoms with Crippen molar-refractivity contribution in [2.24, 2.45) is 0 Å². The summed E-state index contributed by atoms with van der Waals surface area (Å²) in [7, 11) is 0. The fourth-order valence-corrected chi connectivity index (χ4v) is 2.21. The lowest BCUT2D eigenvalue weighted by atomic mass is 10.2. The molecule has 0 saturated carbocycles. The topological polar surface area (TPSA) is 84.3 Å². The molecule has 19 heavy (non-hydrogen) atoms. The molecule has 1 aliphatic rings. The maximum Gasteiger partial charge on any atom is 0.330 e. The first-order valence-corrected chi connectivity index (χ1v) is 6.31. The molecule has 1 aromatic rings. The van der Waals surface area contributed by atoms with E-state index in [1.165, 1.54) is 10.8 Å². The zero-order valence-corrected chi connectivity index (χ0v) is 10.6. The predicted molar refractivity (Wildman–Crippen MR) is 65.8 cm³/mol. The molecule has 3 unspecified atom stereocenters. The van der Waals surface area contributed by atoms with Crippen LogP contribution in [0.25, 0.3) is 0 Å². The highest BCUT2D eigenvalue weighted by atomic mass is 19.1. The van der Waals surface area contributed by atoms with Crippen LogP contribution in [0.3, 0.4) is 0 Å². The monoisotopic (exact) mass is 272 g/mol. The van der Waals surface area contributed by atoms with Gasteiger partial charge >= 0.3 is 5.69 Å². The smallest absolute Gasteiger partial charge is 0.330 e. The van der Waals surface area contributed by atoms with Crippen molar-refractivity contribution in [3.05, 3.63) is 32.6 Å². The molecule has 0 amide bonds. The maximum absolute atomic E-state index is 13.5. The lowest BCUT2D eigenvalue weighted by molar-refractivity contribution is -0.0357. The van der Waals surface area contributed by atoms with E-state index in [-0.39, 0.29) is 6.42 Å². The summed E-state index contributed by atoms with van der Waals surface area (Å²) in [5, 5.41) is 8.94. The summed E-state index contributed by atoms with van der Waals surface area (Å²) in [4.78, 5) is 25.5. The van der Waals surface area contributed by atoms with E-state index >= 15 is 0 Å². The summed E-state index contributed by atoms with van der Waals surface area (Å²) in [6.07, 6.45) is -0.318. The zero-order valence-electron chi connectivity index (χ0n) is 10.6.